The van der Waals surface area contributed by atoms with Gasteiger partial charge < -0.3 is 9.74 Å². The van der Waals surface area contributed by atoms with Gasteiger partial charge in [0.25, 0.3) is 5.91 Å². The minimum atomic E-state index is -3.19. The van der Waals surface area contributed by atoms with E-state index in [0.29, 0.717) is 44.0 Å². The molecule has 12 heteroatoms. The van der Waals surface area contributed by atoms with Crippen molar-refractivity contribution < 1.29 is 22.4 Å². The first kappa shape index (κ1) is 36.1. The lowest BCUT2D eigenvalue weighted by molar-refractivity contribution is -0.0422. The van der Waals surface area contributed by atoms with E-state index in [4.69, 9.17) is 4.84 Å². The molecule has 3 aromatic rings. The van der Waals surface area contributed by atoms with Gasteiger partial charge in [-0.05, 0) is 95.4 Å². The third-order valence-corrected chi connectivity index (χ3v) is 14.4. The maximum absolute atomic E-state index is 14.6. The average Bonchev–Trinajstić information content (AvgIpc) is 3.95. The highest BCUT2D eigenvalue weighted by molar-refractivity contribution is 7.90. The van der Waals surface area contributed by atoms with Gasteiger partial charge in [0.15, 0.2) is 0 Å². The normalized spacial score (nSPS) is 23.3. The lowest BCUT2D eigenvalue weighted by Crippen LogP contribution is -2.63. The van der Waals surface area contributed by atoms with Gasteiger partial charge in [-0.1, -0.05) is 42.5 Å². The number of hydrogen-bond donors (Lipinski definition) is 0. The largest absolute Gasteiger partial charge is 0.392 e. The molecule has 51 heavy (non-hydrogen) atoms. The number of amides is 1. The minimum Gasteiger partial charge on any atom is -0.392 e. The van der Waals surface area contributed by atoms with Crippen molar-refractivity contribution >= 4 is 15.9 Å². The molecule has 2 aromatic carbocycles. The van der Waals surface area contributed by atoms with Gasteiger partial charge in [-0.25, -0.2) is 17.1 Å². The summed E-state index contributed by atoms with van der Waals surface area (Å²) in [4.78, 5) is 28.4. The summed E-state index contributed by atoms with van der Waals surface area (Å²) in [7, 11) is -3.19. The molecule has 0 unspecified atom stereocenters. The van der Waals surface area contributed by atoms with Crippen molar-refractivity contribution in [3.63, 3.8) is 0 Å². The lowest BCUT2D eigenvalue weighted by Gasteiger charge is -2.54. The van der Waals surface area contributed by atoms with E-state index in [-0.39, 0.29) is 40.5 Å². The van der Waals surface area contributed by atoms with Gasteiger partial charge in [0, 0.05) is 63.4 Å². The molecule has 1 saturated carbocycles. The zero-order valence-electron chi connectivity index (χ0n) is 30.5. The van der Waals surface area contributed by atoms with E-state index >= 15 is 0 Å². The average molecular weight is 721 g/mol. The van der Waals surface area contributed by atoms with Gasteiger partial charge in [-0.2, -0.15) is 0 Å². The van der Waals surface area contributed by atoms with Crippen molar-refractivity contribution in [1.82, 2.24) is 28.9 Å². The van der Waals surface area contributed by atoms with Crippen LogP contribution in [-0.4, -0.2) is 106 Å². The van der Waals surface area contributed by atoms with Gasteiger partial charge in [0.2, 0.25) is 10.0 Å². The molecule has 0 radical (unpaired) electrons. The van der Waals surface area contributed by atoms with Gasteiger partial charge in [-0.15, -0.1) is 9.94 Å². The summed E-state index contributed by atoms with van der Waals surface area (Å²) >= 11 is 0. The van der Waals surface area contributed by atoms with Crippen LogP contribution in [0.25, 0.3) is 0 Å². The molecule has 10 nitrogen and oxygen atoms in total. The Morgan fingerprint density at radius 1 is 0.961 bits per heavy atom. The Balaban J connectivity index is 0.983. The van der Waals surface area contributed by atoms with Crippen LogP contribution in [0.5, 0.6) is 0 Å². The Kier molecular flexibility index (Phi) is 10.3. The van der Waals surface area contributed by atoms with Crippen LogP contribution in [0.4, 0.5) is 4.39 Å². The molecule has 0 spiro atoms. The van der Waals surface area contributed by atoms with E-state index in [0.717, 1.165) is 75.0 Å². The molecule has 1 amide bonds. The van der Waals surface area contributed by atoms with E-state index < -0.39 is 10.0 Å². The Labute approximate surface area is 302 Å². The standard InChI is InChI=1S/C39H53FN6O4S/c1-28-26-43(23-24-45(28)37(33-11-8-12-34(40)25-33)32-15-19-44(20-16-32)51(48,49)35-13-14-35)39(4)17-21-42(22-18-39)38(47)36-29(2)41-46(30(36)3)50-27-31-9-6-5-7-10-31/h5-12,25,28,32,35,37H,13-24,26-27H2,1-4H3/t28-,37+/m0/s1. The van der Waals surface area contributed by atoms with Crippen LogP contribution >= 0.6 is 0 Å². The van der Waals surface area contributed by atoms with E-state index in [9.17, 15) is 17.6 Å². The number of benzene rings is 2. The van der Waals surface area contributed by atoms with Crippen molar-refractivity contribution in [3.8, 4) is 0 Å². The number of carbonyl (C=O) groups excluding carboxylic acids is 1. The zero-order chi connectivity index (χ0) is 35.9. The van der Waals surface area contributed by atoms with Gasteiger partial charge >= 0.3 is 0 Å². The molecule has 0 bridgehead atoms. The number of rotatable bonds is 10. The second kappa shape index (κ2) is 14.6. The van der Waals surface area contributed by atoms with E-state index in [1.165, 1.54) is 10.9 Å². The third kappa shape index (κ3) is 7.47. The highest BCUT2D eigenvalue weighted by Crippen LogP contribution is 2.41. The fourth-order valence-electron chi connectivity index (χ4n) is 8.75. The molecule has 4 fully saturated rings. The summed E-state index contributed by atoms with van der Waals surface area (Å²) in [6.45, 7) is 13.8. The summed E-state index contributed by atoms with van der Waals surface area (Å²) < 4.78 is 42.3. The molecule has 1 aromatic heterocycles. The fourth-order valence-corrected chi connectivity index (χ4v) is 10.6. The SMILES string of the molecule is Cc1nn(OCc2ccccc2)c(C)c1C(=O)N1CCC(C)(N2CCN([C@@H](c3cccc(F)c3)C3CCN(S(=O)(=O)C4CC4)CC3)[C@@H](C)C2)CC1. The Hall–Kier alpha value is -3.32. The number of carbonyl (C=O) groups is 1. The fraction of sp³-hybridized carbons (Fsp3) is 0.590. The van der Waals surface area contributed by atoms with E-state index in [1.54, 1.807) is 16.4 Å². The van der Waals surface area contributed by atoms with Crippen molar-refractivity contribution in [2.75, 3.05) is 45.8 Å². The first-order chi connectivity index (χ1) is 24.4. The monoisotopic (exact) mass is 720 g/mol. The Morgan fingerprint density at radius 2 is 1.67 bits per heavy atom. The summed E-state index contributed by atoms with van der Waals surface area (Å²) in [6.07, 6.45) is 4.86. The molecular formula is C39H53FN6O4S. The lowest BCUT2D eigenvalue weighted by atomic mass is 9.82. The van der Waals surface area contributed by atoms with Crippen LogP contribution in [0.2, 0.25) is 0 Å². The number of halogens is 1. The van der Waals surface area contributed by atoms with Gasteiger partial charge in [-0.3, -0.25) is 14.6 Å². The number of hydrogen-bond acceptors (Lipinski definition) is 7. The first-order valence-electron chi connectivity index (χ1n) is 18.7. The van der Waals surface area contributed by atoms with Crippen LogP contribution < -0.4 is 4.84 Å². The summed E-state index contributed by atoms with van der Waals surface area (Å²) in [5, 5.41) is 4.35. The molecule has 0 N–H and O–H groups in total. The summed E-state index contributed by atoms with van der Waals surface area (Å²) in [6, 6.07) is 17.2. The minimum absolute atomic E-state index is 0.00807. The maximum atomic E-state index is 14.6. The molecule has 4 aliphatic rings. The molecule has 7 rings (SSSR count). The number of aryl methyl sites for hydroxylation is 1. The second-order valence-electron chi connectivity index (χ2n) is 15.5. The maximum Gasteiger partial charge on any atom is 0.257 e. The number of nitrogens with zero attached hydrogens (tertiary/aromatic N) is 6. The van der Waals surface area contributed by atoms with Crippen LogP contribution in [0.1, 0.15) is 91.3 Å². The zero-order valence-corrected chi connectivity index (χ0v) is 31.3. The van der Waals surface area contributed by atoms with Gasteiger partial charge in [0.1, 0.15) is 12.4 Å². The Bertz CT molecular complexity index is 1800. The van der Waals surface area contributed by atoms with Crippen molar-refractivity contribution in [2.45, 2.75) is 95.7 Å². The smallest absolute Gasteiger partial charge is 0.257 e. The highest BCUT2D eigenvalue weighted by atomic mass is 32.2. The van der Waals surface area contributed by atoms with Crippen molar-refractivity contribution in [3.05, 3.63) is 88.5 Å². The van der Waals surface area contributed by atoms with Crippen LogP contribution in [0.3, 0.4) is 0 Å². The molecule has 4 heterocycles. The molecule has 276 valence electrons. The highest BCUT2D eigenvalue weighted by Gasteiger charge is 2.45. The number of likely N-dealkylation sites (tertiary alicyclic amines) is 1. The van der Waals surface area contributed by atoms with Crippen LogP contribution in [-0.2, 0) is 16.6 Å². The van der Waals surface area contributed by atoms with Crippen molar-refractivity contribution in [1.29, 1.82) is 0 Å². The molecule has 2 atom stereocenters. The number of piperidine rings is 2. The van der Waals surface area contributed by atoms with Crippen molar-refractivity contribution in [2.24, 2.45) is 5.92 Å². The number of sulfonamides is 1. The van der Waals surface area contributed by atoms with Crippen LogP contribution in [0, 0.1) is 25.6 Å². The number of aromatic nitrogens is 2. The number of piperazine rings is 1. The van der Waals surface area contributed by atoms with E-state index in [2.05, 4.69) is 28.7 Å². The predicted octanol–water partition coefficient (Wildman–Crippen LogP) is 5.21. The quantitative estimate of drug-likeness (QED) is 0.284. The molecule has 3 aliphatic heterocycles. The molecular weight excluding hydrogens is 668 g/mol. The summed E-state index contributed by atoms with van der Waals surface area (Å²) in [5.41, 5.74) is 3.99. The predicted molar refractivity (Wildman–Crippen MR) is 195 cm³/mol. The topological polar surface area (TPSA) is 91.2 Å². The third-order valence-electron chi connectivity index (χ3n) is 12.0. The van der Waals surface area contributed by atoms with Crippen LogP contribution in [0.15, 0.2) is 54.6 Å². The molecule has 1 aliphatic carbocycles. The second-order valence-corrected chi connectivity index (χ2v) is 17.7. The Morgan fingerprint density at radius 3 is 2.31 bits per heavy atom. The first-order valence-corrected chi connectivity index (χ1v) is 20.2. The van der Waals surface area contributed by atoms with E-state index in [1.807, 2.05) is 55.1 Å². The molecule has 3 saturated heterocycles. The van der Waals surface area contributed by atoms with Gasteiger partial charge in [0.05, 0.1) is 22.2 Å². The summed E-state index contributed by atoms with van der Waals surface area (Å²) in [5.74, 6) is 0.0220.